The fourth-order valence-corrected chi connectivity index (χ4v) is 2.07. The fourth-order valence-electron chi connectivity index (χ4n) is 1.54. The number of nitrogen functional groups attached to an aromatic ring is 1. The number of benzene rings is 2. The van der Waals surface area contributed by atoms with E-state index >= 15 is 0 Å². The maximum atomic E-state index is 13.5. The van der Waals surface area contributed by atoms with Crippen molar-refractivity contribution in [3.63, 3.8) is 0 Å². The monoisotopic (exact) mass is 313 g/mol. The molecule has 0 aliphatic carbocycles. The summed E-state index contributed by atoms with van der Waals surface area (Å²) in [5, 5.41) is 5.62. The molecule has 104 valence electrons. The zero-order valence-corrected chi connectivity index (χ0v) is 11.6. The summed E-state index contributed by atoms with van der Waals surface area (Å²) < 4.78 is 13.5. The van der Waals surface area contributed by atoms with Crippen molar-refractivity contribution in [3.05, 3.63) is 52.3 Å². The zero-order valence-electron chi connectivity index (χ0n) is 10.1. The molecule has 2 aromatic carbocycles. The number of halogens is 3. The van der Waals surface area contributed by atoms with E-state index in [0.717, 1.165) is 6.07 Å². The molecule has 0 heterocycles. The Bertz CT molecular complexity index is 644. The van der Waals surface area contributed by atoms with Crippen molar-refractivity contribution in [2.45, 2.75) is 0 Å². The number of rotatable bonds is 2. The average molecular weight is 314 g/mol. The van der Waals surface area contributed by atoms with Gasteiger partial charge >= 0.3 is 6.03 Å². The third kappa shape index (κ3) is 3.76. The van der Waals surface area contributed by atoms with E-state index in [1.165, 1.54) is 30.3 Å². The molecule has 7 heteroatoms. The Balaban J connectivity index is 2.09. The molecule has 2 rings (SSSR count). The SMILES string of the molecule is Nc1ccc(NC(=O)Nc2cc(Cl)cc(Cl)c2)c(F)c1. The van der Waals surface area contributed by atoms with Crippen LogP contribution in [0.3, 0.4) is 0 Å². The predicted molar refractivity (Wildman–Crippen MR) is 79.9 cm³/mol. The first-order valence-electron chi connectivity index (χ1n) is 5.53. The number of nitrogens with one attached hydrogen (secondary N) is 2. The van der Waals surface area contributed by atoms with Gasteiger partial charge in [-0.1, -0.05) is 23.2 Å². The van der Waals surface area contributed by atoms with Crippen LogP contribution >= 0.6 is 23.2 Å². The van der Waals surface area contributed by atoms with Gasteiger partial charge in [0.15, 0.2) is 0 Å². The first-order chi connectivity index (χ1) is 9.44. The molecular formula is C13H10Cl2FN3O. The highest BCUT2D eigenvalue weighted by Gasteiger charge is 2.08. The van der Waals surface area contributed by atoms with Gasteiger partial charge in [-0.3, -0.25) is 0 Å². The molecule has 0 saturated carbocycles. The van der Waals surface area contributed by atoms with Crippen LogP contribution in [-0.4, -0.2) is 6.03 Å². The molecule has 0 radical (unpaired) electrons. The molecule has 2 aromatic rings. The minimum atomic E-state index is -0.621. The van der Waals surface area contributed by atoms with E-state index < -0.39 is 11.8 Å². The van der Waals surface area contributed by atoms with Crippen LogP contribution in [0.5, 0.6) is 0 Å². The van der Waals surface area contributed by atoms with E-state index in [-0.39, 0.29) is 11.4 Å². The number of carbonyl (C=O) groups is 1. The molecule has 0 fully saturated rings. The molecule has 0 saturated heterocycles. The molecule has 20 heavy (non-hydrogen) atoms. The lowest BCUT2D eigenvalue weighted by Crippen LogP contribution is -2.20. The number of amides is 2. The van der Waals surface area contributed by atoms with E-state index in [1.54, 1.807) is 0 Å². The third-order valence-corrected chi connectivity index (χ3v) is 2.80. The van der Waals surface area contributed by atoms with Gasteiger partial charge in [-0.25, -0.2) is 9.18 Å². The summed E-state index contributed by atoms with van der Waals surface area (Å²) in [7, 11) is 0. The molecule has 4 N–H and O–H groups in total. The summed E-state index contributed by atoms with van der Waals surface area (Å²) in [6.45, 7) is 0. The Hall–Kier alpha value is -1.98. The molecule has 0 aliphatic heterocycles. The molecule has 0 aromatic heterocycles. The molecule has 2 amide bonds. The van der Waals surface area contributed by atoms with Crippen molar-refractivity contribution >= 4 is 46.3 Å². The number of hydrogen-bond acceptors (Lipinski definition) is 2. The highest BCUT2D eigenvalue weighted by molar-refractivity contribution is 6.35. The summed E-state index contributed by atoms with van der Waals surface area (Å²) in [5.74, 6) is -0.621. The van der Waals surface area contributed by atoms with Crippen molar-refractivity contribution in [1.29, 1.82) is 0 Å². The molecule has 4 nitrogen and oxygen atoms in total. The lowest BCUT2D eigenvalue weighted by molar-refractivity contribution is 0.262. The second kappa shape index (κ2) is 5.98. The minimum Gasteiger partial charge on any atom is -0.399 e. The van der Waals surface area contributed by atoms with Crippen molar-refractivity contribution in [3.8, 4) is 0 Å². The van der Waals surface area contributed by atoms with E-state index in [9.17, 15) is 9.18 Å². The van der Waals surface area contributed by atoms with Gasteiger partial charge in [-0.2, -0.15) is 0 Å². The van der Waals surface area contributed by atoms with Crippen LogP contribution in [0.25, 0.3) is 0 Å². The molecule has 0 atom stereocenters. The van der Waals surface area contributed by atoms with Crippen LogP contribution < -0.4 is 16.4 Å². The Morgan fingerprint density at radius 3 is 2.30 bits per heavy atom. The lowest BCUT2D eigenvalue weighted by Gasteiger charge is -2.09. The van der Waals surface area contributed by atoms with Gasteiger partial charge in [-0.15, -0.1) is 0 Å². The fraction of sp³-hybridized carbons (Fsp3) is 0. The van der Waals surface area contributed by atoms with Gasteiger partial charge < -0.3 is 16.4 Å². The van der Waals surface area contributed by atoms with Crippen LogP contribution in [0.1, 0.15) is 0 Å². The van der Waals surface area contributed by atoms with Gasteiger partial charge in [0.2, 0.25) is 0 Å². The molecule has 0 aliphatic rings. The van der Waals surface area contributed by atoms with Crippen molar-refractivity contribution in [1.82, 2.24) is 0 Å². The highest BCUT2D eigenvalue weighted by atomic mass is 35.5. The largest absolute Gasteiger partial charge is 0.399 e. The predicted octanol–water partition coefficient (Wildman–Crippen LogP) is 4.36. The smallest absolute Gasteiger partial charge is 0.323 e. The first-order valence-corrected chi connectivity index (χ1v) is 6.29. The van der Waals surface area contributed by atoms with E-state index in [0.29, 0.717) is 15.7 Å². The summed E-state index contributed by atoms with van der Waals surface area (Å²) >= 11 is 11.6. The summed E-state index contributed by atoms with van der Waals surface area (Å²) in [4.78, 5) is 11.7. The van der Waals surface area contributed by atoms with E-state index in [4.69, 9.17) is 28.9 Å². The van der Waals surface area contributed by atoms with Crippen LogP contribution in [0.15, 0.2) is 36.4 Å². The van der Waals surface area contributed by atoms with E-state index in [1.807, 2.05) is 0 Å². The highest BCUT2D eigenvalue weighted by Crippen LogP contribution is 2.23. The van der Waals surface area contributed by atoms with Crippen LogP contribution in [0.2, 0.25) is 10.0 Å². The molecule has 0 unspecified atom stereocenters. The van der Waals surface area contributed by atoms with Gasteiger partial charge in [0.25, 0.3) is 0 Å². The summed E-state index contributed by atoms with van der Waals surface area (Å²) in [6, 6.07) is 7.92. The maximum Gasteiger partial charge on any atom is 0.323 e. The first kappa shape index (κ1) is 14.4. The number of hydrogen-bond donors (Lipinski definition) is 3. The van der Waals surface area contributed by atoms with Gasteiger partial charge in [0.1, 0.15) is 5.82 Å². The Morgan fingerprint density at radius 2 is 1.70 bits per heavy atom. The Labute approximate surface area is 124 Å². The second-order valence-electron chi connectivity index (χ2n) is 3.98. The lowest BCUT2D eigenvalue weighted by atomic mass is 10.2. The normalized spacial score (nSPS) is 10.2. The second-order valence-corrected chi connectivity index (χ2v) is 4.85. The quantitative estimate of drug-likeness (QED) is 0.721. The van der Waals surface area contributed by atoms with Gasteiger partial charge in [0.05, 0.1) is 5.69 Å². The van der Waals surface area contributed by atoms with Gasteiger partial charge in [0, 0.05) is 21.4 Å². The number of nitrogens with two attached hydrogens (primary N) is 1. The summed E-state index contributed by atoms with van der Waals surface area (Å²) in [5.41, 5.74) is 6.11. The number of urea groups is 1. The maximum absolute atomic E-state index is 13.5. The number of anilines is 3. The molecular weight excluding hydrogens is 304 g/mol. The standard InChI is InChI=1S/C13H10Cl2FN3O/c14-7-3-8(15)5-10(4-7)18-13(20)19-12-2-1-9(17)6-11(12)16/h1-6H,17H2,(H2,18,19,20). The van der Waals surface area contributed by atoms with Crippen LogP contribution in [-0.2, 0) is 0 Å². The van der Waals surface area contributed by atoms with Crippen LogP contribution in [0, 0.1) is 5.82 Å². The summed E-state index contributed by atoms with van der Waals surface area (Å²) in [6.07, 6.45) is 0. The average Bonchev–Trinajstić information content (AvgIpc) is 2.31. The van der Waals surface area contributed by atoms with Crippen LogP contribution in [0.4, 0.5) is 26.2 Å². The van der Waals surface area contributed by atoms with Crippen molar-refractivity contribution in [2.24, 2.45) is 0 Å². The van der Waals surface area contributed by atoms with Crippen molar-refractivity contribution in [2.75, 3.05) is 16.4 Å². The Kier molecular flexibility index (Phi) is 4.32. The molecule has 0 bridgehead atoms. The zero-order chi connectivity index (χ0) is 14.7. The number of carbonyl (C=O) groups excluding carboxylic acids is 1. The van der Waals surface area contributed by atoms with Gasteiger partial charge in [-0.05, 0) is 36.4 Å². The molecule has 0 spiro atoms. The van der Waals surface area contributed by atoms with E-state index in [2.05, 4.69) is 10.6 Å². The van der Waals surface area contributed by atoms with Crippen molar-refractivity contribution < 1.29 is 9.18 Å². The topological polar surface area (TPSA) is 67.1 Å². The third-order valence-electron chi connectivity index (χ3n) is 2.36. The Morgan fingerprint density at radius 1 is 1.05 bits per heavy atom. The minimum absolute atomic E-state index is 0.0184.